The van der Waals surface area contributed by atoms with Crippen LogP contribution < -0.4 is 5.32 Å². The van der Waals surface area contributed by atoms with Crippen LogP contribution in [0.2, 0.25) is 0 Å². The zero-order valence-electron chi connectivity index (χ0n) is 12.5. The van der Waals surface area contributed by atoms with Crippen LogP contribution in [0.25, 0.3) is 0 Å². The van der Waals surface area contributed by atoms with Crippen LogP contribution in [0.1, 0.15) is 51.4 Å². The van der Waals surface area contributed by atoms with E-state index in [1.807, 2.05) is 39.0 Å². The monoisotopic (exact) mass is 260 g/mol. The average molecular weight is 260 g/mol. The highest BCUT2D eigenvalue weighted by molar-refractivity contribution is 5.93. The van der Waals surface area contributed by atoms with Crippen LogP contribution in [0.3, 0.4) is 0 Å². The van der Waals surface area contributed by atoms with Crippen LogP contribution >= 0.6 is 0 Å². The first kappa shape index (κ1) is 15.4. The molecule has 0 fully saturated rings. The molecule has 0 aromatic carbocycles. The molecular weight excluding hydrogens is 236 g/mol. The number of pyridine rings is 1. The van der Waals surface area contributed by atoms with Crippen LogP contribution in [-0.2, 0) is 4.79 Å². The largest absolute Gasteiger partial charge is 0.344 e. The fraction of sp³-hybridized carbons (Fsp3) is 0.500. The molecule has 0 aliphatic heterocycles. The molecule has 1 aromatic heterocycles. The normalized spacial score (nSPS) is 13.5. The molecule has 0 bridgehead atoms. The van der Waals surface area contributed by atoms with Crippen LogP contribution in [0.4, 0.5) is 0 Å². The van der Waals surface area contributed by atoms with Crippen molar-refractivity contribution < 1.29 is 4.79 Å². The summed E-state index contributed by atoms with van der Waals surface area (Å²) in [5, 5.41) is 3.09. The number of rotatable bonds is 5. The number of hydrogen-bond acceptors (Lipinski definition) is 2. The number of nitrogens with zero attached hydrogens (tertiary/aromatic N) is 1. The van der Waals surface area contributed by atoms with Gasteiger partial charge in [0.1, 0.15) is 0 Å². The summed E-state index contributed by atoms with van der Waals surface area (Å²) < 4.78 is 0. The topological polar surface area (TPSA) is 42.0 Å². The molecule has 3 heteroatoms. The maximum absolute atomic E-state index is 12.1. The van der Waals surface area contributed by atoms with Crippen molar-refractivity contribution in [2.45, 2.75) is 47.1 Å². The first-order valence-corrected chi connectivity index (χ1v) is 6.86. The average Bonchev–Trinajstić information content (AvgIpc) is 2.36. The van der Waals surface area contributed by atoms with Gasteiger partial charge in [0, 0.05) is 11.8 Å². The third kappa shape index (κ3) is 4.19. The van der Waals surface area contributed by atoms with Crippen molar-refractivity contribution in [2.24, 2.45) is 5.92 Å². The second-order valence-electron chi connectivity index (χ2n) is 5.20. The molecule has 104 valence electrons. The van der Waals surface area contributed by atoms with E-state index in [9.17, 15) is 4.79 Å². The van der Waals surface area contributed by atoms with E-state index in [0.717, 1.165) is 23.3 Å². The van der Waals surface area contributed by atoms with Crippen molar-refractivity contribution in [1.82, 2.24) is 10.3 Å². The van der Waals surface area contributed by atoms with Gasteiger partial charge < -0.3 is 5.32 Å². The number of aromatic nitrogens is 1. The summed E-state index contributed by atoms with van der Waals surface area (Å²) in [6.45, 7) is 10.1. The van der Waals surface area contributed by atoms with Crippen molar-refractivity contribution in [2.75, 3.05) is 0 Å². The second kappa shape index (κ2) is 7.07. The molecule has 1 aromatic rings. The Bertz CT molecular complexity index is 464. The molecule has 0 radical (unpaired) electrons. The third-order valence-electron chi connectivity index (χ3n) is 3.17. The molecule has 0 aliphatic rings. The lowest BCUT2D eigenvalue weighted by atomic mass is 9.97. The minimum Gasteiger partial charge on any atom is -0.344 e. The number of amides is 1. The minimum atomic E-state index is -0.0473. The van der Waals surface area contributed by atoms with E-state index in [0.29, 0.717) is 5.92 Å². The van der Waals surface area contributed by atoms with Crippen LogP contribution in [0, 0.1) is 12.8 Å². The van der Waals surface area contributed by atoms with E-state index in [2.05, 4.69) is 24.1 Å². The molecule has 1 atom stereocenters. The molecular formula is C16H24N2O. The van der Waals surface area contributed by atoms with Crippen LogP contribution in [0.5, 0.6) is 0 Å². The zero-order chi connectivity index (χ0) is 14.4. The molecule has 0 saturated carbocycles. The summed E-state index contributed by atoms with van der Waals surface area (Å²) in [6, 6.07) is 3.90. The van der Waals surface area contributed by atoms with Crippen LogP contribution in [0.15, 0.2) is 30.0 Å². The maximum Gasteiger partial charge on any atom is 0.247 e. The molecule has 0 saturated heterocycles. The number of nitrogens with one attached hydrogen (secondary N) is 1. The fourth-order valence-electron chi connectivity index (χ4n) is 2.03. The highest BCUT2D eigenvalue weighted by atomic mass is 16.1. The first-order chi connectivity index (χ1) is 8.97. The predicted octanol–water partition coefficient (Wildman–Crippen LogP) is 3.56. The Kier molecular flexibility index (Phi) is 5.74. The lowest BCUT2D eigenvalue weighted by Crippen LogP contribution is -2.33. The van der Waals surface area contributed by atoms with Crippen molar-refractivity contribution in [1.29, 1.82) is 0 Å². The van der Waals surface area contributed by atoms with Gasteiger partial charge in [-0.2, -0.15) is 0 Å². The summed E-state index contributed by atoms with van der Waals surface area (Å²) in [6.07, 6.45) is 4.59. The lowest BCUT2D eigenvalue weighted by molar-refractivity contribution is -0.118. The van der Waals surface area contributed by atoms with E-state index in [1.54, 1.807) is 6.20 Å². The number of hydrogen-bond donors (Lipinski definition) is 1. The van der Waals surface area contributed by atoms with Gasteiger partial charge in [0.25, 0.3) is 0 Å². The van der Waals surface area contributed by atoms with Crippen molar-refractivity contribution in [3.63, 3.8) is 0 Å². The van der Waals surface area contributed by atoms with Gasteiger partial charge in [-0.05, 0) is 37.8 Å². The molecule has 0 spiro atoms. The molecule has 1 N–H and O–H groups in total. The highest BCUT2D eigenvalue weighted by Crippen LogP contribution is 2.22. The summed E-state index contributed by atoms with van der Waals surface area (Å²) in [5.41, 5.74) is 2.83. The van der Waals surface area contributed by atoms with E-state index >= 15 is 0 Å². The van der Waals surface area contributed by atoms with E-state index in [1.165, 1.54) is 0 Å². The van der Waals surface area contributed by atoms with E-state index < -0.39 is 0 Å². The van der Waals surface area contributed by atoms with Crippen LogP contribution in [-0.4, -0.2) is 10.9 Å². The zero-order valence-corrected chi connectivity index (χ0v) is 12.5. The smallest absolute Gasteiger partial charge is 0.247 e. The SMILES string of the molecule is CC/C=C(/C)C(=O)N[C@H](c1ncccc1C)C(C)C. The summed E-state index contributed by atoms with van der Waals surface area (Å²) in [4.78, 5) is 16.5. The van der Waals surface area contributed by atoms with Gasteiger partial charge in [0.2, 0.25) is 5.91 Å². The van der Waals surface area contributed by atoms with Gasteiger partial charge in [0.05, 0.1) is 11.7 Å². The first-order valence-electron chi connectivity index (χ1n) is 6.86. The van der Waals surface area contributed by atoms with Gasteiger partial charge in [-0.25, -0.2) is 0 Å². The Morgan fingerprint density at radius 1 is 1.47 bits per heavy atom. The van der Waals surface area contributed by atoms with Gasteiger partial charge in [-0.3, -0.25) is 9.78 Å². The molecule has 19 heavy (non-hydrogen) atoms. The van der Waals surface area contributed by atoms with Crippen molar-refractivity contribution in [3.05, 3.63) is 41.2 Å². The molecule has 3 nitrogen and oxygen atoms in total. The highest BCUT2D eigenvalue weighted by Gasteiger charge is 2.21. The Morgan fingerprint density at radius 2 is 2.16 bits per heavy atom. The molecule has 0 aliphatic carbocycles. The number of aryl methyl sites for hydroxylation is 1. The van der Waals surface area contributed by atoms with Gasteiger partial charge >= 0.3 is 0 Å². The Hall–Kier alpha value is -1.64. The third-order valence-corrected chi connectivity index (χ3v) is 3.17. The number of carbonyl (C=O) groups excluding carboxylic acids is 1. The predicted molar refractivity (Wildman–Crippen MR) is 78.7 cm³/mol. The van der Waals surface area contributed by atoms with Gasteiger partial charge in [-0.15, -0.1) is 0 Å². The Balaban J connectivity index is 2.95. The minimum absolute atomic E-state index is 0.00870. The molecule has 1 amide bonds. The number of carbonyl (C=O) groups is 1. The standard InChI is InChI=1S/C16H24N2O/c1-6-8-13(5)16(19)18-14(11(2)3)15-12(4)9-7-10-17-15/h7-11,14H,6H2,1-5H3,(H,18,19)/b13-8-/t14-/m0/s1. The Morgan fingerprint density at radius 3 is 2.68 bits per heavy atom. The molecule has 1 heterocycles. The second-order valence-corrected chi connectivity index (χ2v) is 5.20. The quantitative estimate of drug-likeness (QED) is 0.822. The summed E-state index contributed by atoms with van der Waals surface area (Å²) in [5.74, 6) is 0.289. The molecule has 1 rings (SSSR count). The maximum atomic E-state index is 12.1. The lowest BCUT2D eigenvalue weighted by Gasteiger charge is -2.23. The fourth-order valence-corrected chi connectivity index (χ4v) is 2.03. The molecule has 0 unspecified atom stereocenters. The van der Waals surface area contributed by atoms with Crippen molar-refractivity contribution in [3.8, 4) is 0 Å². The number of allylic oxidation sites excluding steroid dienone is 1. The summed E-state index contributed by atoms with van der Waals surface area (Å²) in [7, 11) is 0. The van der Waals surface area contributed by atoms with Gasteiger partial charge in [-0.1, -0.05) is 32.9 Å². The van der Waals surface area contributed by atoms with E-state index in [4.69, 9.17) is 0 Å². The van der Waals surface area contributed by atoms with Crippen molar-refractivity contribution >= 4 is 5.91 Å². The Labute approximate surface area is 116 Å². The summed E-state index contributed by atoms with van der Waals surface area (Å²) >= 11 is 0. The van der Waals surface area contributed by atoms with E-state index in [-0.39, 0.29) is 11.9 Å². The van der Waals surface area contributed by atoms with Gasteiger partial charge in [0.15, 0.2) is 0 Å².